The molecule has 4 nitrogen and oxygen atoms in total. The van der Waals surface area contributed by atoms with E-state index < -0.39 is 0 Å². The molecular formula is C10H17N3O. The molecule has 14 heavy (non-hydrogen) atoms. The molecule has 4 heteroatoms. The van der Waals surface area contributed by atoms with E-state index in [-0.39, 0.29) is 0 Å². The lowest BCUT2D eigenvalue weighted by atomic mass is 9.95. The second-order valence-corrected chi connectivity index (χ2v) is 3.93. The normalized spacial score (nSPS) is 22.4. The summed E-state index contributed by atoms with van der Waals surface area (Å²) in [6, 6.07) is 0.398. The van der Waals surface area contributed by atoms with Gasteiger partial charge < -0.3 is 10.3 Å². The van der Waals surface area contributed by atoms with E-state index in [4.69, 9.17) is 10.3 Å². The zero-order chi connectivity index (χ0) is 10.1. The number of hydrogen-bond acceptors (Lipinski definition) is 4. The maximum atomic E-state index is 5.62. The van der Waals surface area contributed by atoms with Gasteiger partial charge in [-0.2, -0.15) is 0 Å². The minimum atomic E-state index is 0.398. The molecule has 1 aromatic heterocycles. The summed E-state index contributed by atoms with van der Waals surface area (Å²) in [6.45, 7) is 3.75. The maximum absolute atomic E-state index is 5.62. The Bertz CT molecular complexity index is 321. The fourth-order valence-corrected chi connectivity index (χ4v) is 2.21. The lowest BCUT2D eigenvalue weighted by molar-refractivity contribution is 0.207. The Balaban J connectivity index is 2.34. The first-order valence-electron chi connectivity index (χ1n) is 5.09. The summed E-state index contributed by atoms with van der Waals surface area (Å²) in [7, 11) is 2.13. The minimum absolute atomic E-state index is 0.398. The maximum Gasteiger partial charge on any atom is 0.143 e. The van der Waals surface area contributed by atoms with Crippen LogP contribution in [0, 0.1) is 6.92 Å². The van der Waals surface area contributed by atoms with Gasteiger partial charge in [0.25, 0.3) is 0 Å². The molecule has 1 aromatic rings. The third kappa shape index (κ3) is 1.44. The number of nitrogens with zero attached hydrogens (tertiary/aromatic N) is 2. The zero-order valence-electron chi connectivity index (χ0n) is 8.79. The van der Waals surface area contributed by atoms with E-state index in [1.54, 1.807) is 0 Å². The van der Waals surface area contributed by atoms with E-state index in [0.717, 1.165) is 30.8 Å². The van der Waals surface area contributed by atoms with Crippen molar-refractivity contribution < 1.29 is 4.52 Å². The Morgan fingerprint density at radius 3 is 3.14 bits per heavy atom. The van der Waals surface area contributed by atoms with Crippen molar-refractivity contribution in [2.24, 2.45) is 5.73 Å². The van der Waals surface area contributed by atoms with Gasteiger partial charge in [0, 0.05) is 24.6 Å². The van der Waals surface area contributed by atoms with E-state index in [2.05, 4.69) is 17.1 Å². The quantitative estimate of drug-likeness (QED) is 0.760. The highest BCUT2D eigenvalue weighted by molar-refractivity contribution is 5.28. The van der Waals surface area contributed by atoms with Crippen LogP contribution in [0.15, 0.2) is 4.52 Å². The second-order valence-electron chi connectivity index (χ2n) is 3.93. The van der Waals surface area contributed by atoms with Gasteiger partial charge in [-0.05, 0) is 26.9 Å². The van der Waals surface area contributed by atoms with Gasteiger partial charge >= 0.3 is 0 Å². The average Bonchev–Trinajstić information content (AvgIpc) is 2.53. The summed E-state index contributed by atoms with van der Waals surface area (Å²) in [4.78, 5) is 2.33. The van der Waals surface area contributed by atoms with Crippen LogP contribution in [-0.2, 0) is 6.42 Å². The van der Waals surface area contributed by atoms with E-state index in [0.29, 0.717) is 12.6 Å². The number of likely N-dealkylation sites (N-methyl/N-ethyl adjacent to an activating group) is 1. The Morgan fingerprint density at radius 2 is 2.43 bits per heavy atom. The van der Waals surface area contributed by atoms with Gasteiger partial charge in [0.1, 0.15) is 5.76 Å². The Morgan fingerprint density at radius 1 is 1.64 bits per heavy atom. The molecule has 0 fully saturated rings. The van der Waals surface area contributed by atoms with Crippen molar-refractivity contribution in [3.8, 4) is 0 Å². The lowest BCUT2D eigenvalue weighted by Crippen LogP contribution is -2.33. The standard InChI is InChI=1S/C10H17N3O/c1-7-10-8(3-5-11)13(2)6-4-9(10)14-12-7/h8H,3-6,11H2,1-2H3. The van der Waals surface area contributed by atoms with Crippen molar-refractivity contribution >= 4 is 0 Å². The van der Waals surface area contributed by atoms with Gasteiger partial charge in [0.2, 0.25) is 0 Å². The lowest BCUT2D eigenvalue weighted by Gasteiger charge is -2.31. The average molecular weight is 195 g/mol. The van der Waals surface area contributed by atoms with Crippen LogP contribution in [0.3, 0.4) is 0 Å². The molecule has 1 unspecified atom stereocenters. The SMILES string of the molecule is Cc1noc2c1C(CCN)N(C)CC2. The third-order valence-electron chi connectivity index (χ3n) is 2.98. The fraction of sp³-hybridized carbons (Fsp3) is 0.700. The van der Waals surface area contributed by atoms with Gasteiger partial charge in [0.05, 0.1) is 5.69 Å². The van der Waals surface area contributed by atoms with Gasteiger partial charge in [0.15, 0.2) is 0 Å². The molecule has 0 spiro atoms. The summed E-state index contributed by atoms with van der Waals surface area (Å²) in [5.74, 6) is 1.05. The van der Waals surface area contributed by atoms with Crippen molar-refractivity contribution in [2.45, 2.75) is 25.8 Å². The Labute approximate surface area is 84.0 Å². The molecule has 0 saturated carbocycles. The van der Waals surface area contributed by atoms with E-state index in [1.807, 2.05) is 6.92 Å². The van der Waals surface area contributed by atoms with Crippen molar-refractivity contribution in [1.82, 2.24) is 10.1 Å². The highest BCUT2D eigenvalue weighted by atomic mass is 16.5. The number of hydrogen-bond donors (Lipinski definition) is 1. The van der Waals surface area contributed by atoms with Crippen molar-refractivity contribution in [3.63, 3.8) is 0 Å². The Hall–Kier alpha value is -0.870. The molecule has 0 radical (unpaired) electrons. The zero-order valence-corrected chi connectivity index (χ0v) is 8.79. The summed E-state index contributed by atoms with van der Waals surface area (Å²) >= 11 is 0. The minimum Gasteiger partial charge on any atom is -0.361 e. The van der Waals surface area contributed by atoms with Crippen LogP contribution in [0.5, 0.6) is 0 Å². The molecule has 0 amide bonds. The molecule has 1 atom stereocenters. The largest absolute Gasteiger partial charge is 0.361 e. The smallest absolute Gasteiger partial charge is 0.143 e. The molecule has 1 aliphatic heterocycles. The molecule has 2 heterocycles. The van der Waals surface area contributed by atoms with Crippen LogP contribution < -0.4 is 5.73 Å². The van der Waals surface area contributed by atoms with Gasteiger partial charge in [-0.15, -0.1) is 0 Å². The van der Waals surface area contributed by atoms with E-state index in [1.165, 1.54) is 5.56 Å². The Kier molecular flexibility index (Phi) is 2.56. The summed E-state index contributed by atoms with van der Waals surface area (Å²) < 4.78 is 5.29. The summed E-state index contributed by atoms with van der Waals surface area (Å²) in [5.41, 5.74) is 7.91. The van der Waals surface area contributed by atoms with Crippen LogP contribution >= 0.6 is 0 Å². The van der Waals surface area contributed by atoms with E-state index >= 15 is 0 Å². The molecule has 0 bridgehead atoms. The number of aromatic nitrogens is 1. The first-order chi connectivity index (χ1) is 6.74. The van der Waals surface area contributed by atoms with Gasteiger partial charge in [-0.25, -0.2) is 0 Å². The number of fused-ring (bicyclic) bond motifs is 1. The van der Waals surface area contributed by atoms with Crippen molar-refractivity contribution in [2.75, 3.05) is 20.1 Å². The molecule has 78 valence electrons. The van der Waals surface area contributed by atoms with Crippen molar-refractivity contribution in [1.29, 1.82) is 0 Å². The molecule has 1 aliphatic rings. The van der Waals surface area contributed by atoms with E-state index in [9.17, 15) is 0 Å². The molecule has 2 N–H and O–H groups in total. The molecular weight excluding hydrogens is 178 g/mol. The predicted molar refractivity (Wildman–Crippen MR) is 54.0 cm³/mol. The number of aryl methyl sites for hydroxylation is 1. The highest BCUT2D eigenvalue weighted by Crippen LogP contribution is 2.32. The van der Waals surface area contributed by atoms with Gasteiger partial charge in [-0.3, -0.25) is 4.90 Å². The highest BCUT2D eigenvalue weighted by Gasteiger charge is 2.29. The first kappa shape index (κ1) is 9.68. The molecule has 2 rings (SSSR count). The molecule has 0 saturated heterocycles. The molecule has 0 aromatic carbocycles. The number of rotatable bonds is 2. The van der Waals surface area contributed by atoms with Crippen LogP contribution in [0.1, 0.15) is 29.5 Å². The summed E-state index contributed by atoms with van der Waals surface area (Å²) in [5, 5.41) is 4.02. The van der Waals surface area contributed by atoms with Crippen LogP contribution in [0.2, 0.25) is 0 Å². The van der Waals surface area contributed by atoms with Crippen LogP contribution in [0.4, 0.5) is 0 Å². The first-order valence-corrected chi connectivity index (χ1v) is 5.09. The van der Waals surface area contributed by atoms with Crippen LogP contribution in [-0.4, -0.2) is 30.2 Å². The topological polar surface area (TPSA) is 55.3 Å². The third-order valence-corrected chi connectivity index (χ3v) is 2.98. The van der Waals surface area contributed by atoms with Crippen molar-refractivity contribution in [3.05, 3.63) is 17.0 Å². The predicted octanol–water partition coefficient (Wildman–Crippen LogP) is 0.861. The van der Waals surface area contributed by atoms with Gasteiger partial charge in [-0.1, -0.05) is 5.16 Å². The molecule has 0 aliphatic carbocycles. The number of nitrogens with two attached hydrogens (primary N) is 1. The fourth-order valence-electron chi connectivity index (χ4n) is 2.21. The second kappa shape index (κ2) is 3.71. The summed E-state index contributed by atoms with van der Waals surface area (Å²) in [6.07, 6.45) is 1.94. The van der Waals surface area contributed by atoms with Crippen LogP contribution in [0.25, 0.3) is 0 Å². The monoisotopic (exact) mass is 195 g/mol.